The van der Waals surface area contributed by atoms with Crippen molar-refractivity contribution < 1.29 is 4.92 Å². The van der Waals surface area contributed by atoms with Gasteiger partial charge in [-0.15, -0.1) is 0 Å². The molecule has 1 aromatic carbocycles. The number of hydrogen-bond donors (Lipinski definition) is 0. The van der Waals surface area contributed by atoms with E-state index in [9.17, 15) is 10.1 Å². The number of nitro groups is 1. The van der Waals surface area contributed by atoms with Gasteiger partial charge in [0.15, 0.2) is 0 Å². The molecule has 0 fully saturated rings. The minimum atomic E-state index is -0.430. The molecule has 0 bridgehead atoms. The average molecular weight is 214 g/mol. The van der Waals surface area contributed by atoms with Gasteiger partial charge in [-0.3, -0.25) is 10.1 Å². The maximum absolute atomic E-state index is 10.7. The summed E-state index contributed by atoms with van der Waals surface area (Å²) in [5, 5.41) is 19.6. The van der Waals surface area contributed by atoms with E-state index in [0.29, 0.717) is 11.1 Å². The van der Waals surface area contributed by atoms with Crippen LogP contribution in [0.2, 0.25) is 0 Å². The Morgan fingerprint density at radius 3 is 2.81 bits per heavy atom. The number of nitriles is 1. The van der Waals surface area contributed by atoms with Gasteiger partial charge in [0.1, 0.15) is 0 Å². The predicted molar refractivity (Wildman–Crippen MR) is 59.6 cm³/mol. The molecule has 0 aliphatic heterocycles. The molecule has 1 aliphatic carbocycles. The predicted octanol–water partition coefficient (Wildman–Crippen LogP) is 3.03. The molecule has 1 aliphatic rings. The van der Waals surface area contributed by atoms with E-state index < -0.39 is 4.92 Å². The van der Waals surface area contributed by atoms with Crippen molar-refractivity contribution >= 4 is 11.3 Å². The van der Waals surface area contributed by atoms with Crippen molar-refractivity contribution in [3.63, 3.8) is 0 Å². The van der Waals surface area contributed by atoms with Crippen molar-refractivity contribution in [2.45, 2.75) is 19.3 Å². The van der Waals surface area contributed by atoms with Crippen LogP contribution in [-0.2, 0) is 0 Å². The second kappa shape index (κ2) is 4.15. The van der Waals surface area contributed by atoms with Crippen LogP contribution in [0.3, 0.4) is 0 Å². The summed E-state index contributed by atoms with van der Waals surface area (Å²) >= 11 is 0. The first-order chi connectivity index (χ1) is 7.72. The van der Waals surface area contributed by atoms with Crippen molar-refractivity contribution in [3.05, 3.63) is 45.5 Å². The molecule has 0 amide bonds. The zero-order valence-corrected chi connectivity index (χ0v) is 8.64. The van der Waals surface area contributed by atoms with Crippen LogP contribution in [0.25, 0.3) is 5.57 Å². The summed E-state index contributed by atoms with van der Waals surface area (Å²) in [5.74, 6) is 0. The third-order valence-corrected chi connectivity index (χ3v) is 2.72. The molecule has 0 spiro atoms. The van der Waals surface area contributed by atoms with E-state index in [1.807, 2.05) is 0 Å². The summed E-state index contributed by atoms with van der Waals surface area (Å²) in [7, 11) is 0. The van der Waals surface area contributed by atoms with Crippen molar-refractivity contribution in [2.75, 3.05) is 0 Å². The highest BCUT2D eigenvalue weighted by atomic mass is 16.6. The van der Waals surface area contributed by atoms with E-state index in [-0.39, 0.29) is 5.69 Å². The number of nitro benzene ring substituents is 1. The van der Waals surface area contributed by atoms with Gasteiger partial charge in [-0.2, -0.15) is 5.26 Å². The van der Waals surface area contributed by atoms with Crippen LogP contribution in [0.15, 0.2) is 24.3 Å². The van der Waals surface area contributed by atoms with Gasteiger partial charge in [0.25, 0.3) is 5.69 Å². The molecule has 1 aromatic rings. The molecule has 0 heterocycles. The molecule has 0 saturated carbocycles. The lowest BCUT2D eigenvalue weighted by Gasteiger charge is -2.04. The third kappa shape index (κ3) is 1.80. The van der Waals surface area contributed by atoms with E-state index in [2.05, 4.69) is 12.1 Å². The summed E-state index contributed by atoms with van der Waals surface area (Å²) in [5.41, 5.74) is 2.33. The molecule has 0 unspecified atom stereocenters. The molecular formula is C12H10N2O2. The highest BCUT2D eigenvalue weighted by molar-refractivity contribution is 5.73. The normalized spacial score (nSPS) is 14.3. The zero-order valence-electron chi connectivity index (χ0n) is 8.64. The van der Waals surface area contributed by atoms with Crippen LogP contribution >= 0.6 is 0 Å². The van der Waals surface area contributed by atoms with Gasteiger partial charge in [0, 0.05) is 17.7 Å². The second-order valence-corrected chi connectivity index (χ2v) is 3.72. The van der Waals surface area contributed by atoms with Crippen molar-refractivity contribution in [2.24, 2.45) is 0 Å². The maximum Gasteiger partial charge on any atom is 0.270 e. The Labute approximate surface area is 93.0 Å². The maximum atomic E-state index is 10.7. The quantitative estimate of drug-likeness (QED) is 0.561. The number of benzene rings is 1. The van der Waals surface area contributed by atoms with E-state index in [1.54, 1.807) is 0 Å². The van der Waals surface area contributed by atoms with Crippen molar-refractivity contribution in [1.29, 1.82) is 5.26 Å². The summed E-state index contributed by atoms with van der Waals surface area (Å²) in [6.07, 6.45) is 5.00. The van der Waals surface area contributed by atoms with Gasteiger partial charge < -0.3 is 0 Å². The largest absolute Gasteiger partial charge is 0.270 e. The van der Waals surface area contributed by atoms with Gasteiger partial charge in [-0.05, 0) is 30.9 Å². The standard InChI is InChI=1S/C12H10N2O2/c13-8-10-5-6-11(14(15)16)7-12(10)9-3-1-2-4-9/h3,5-7H,1-2,4H2. The first-order valence-corrected chi connectivity index (χ1v) is 5.10. The third-order valence-electron chi connectivity index (χ3n) is 2.72. The van der Waals surface area contributed by atoms with Crippen LogP contribution in [0, 0.1) is 21.4 Å². The number of hydrogen-bond acceptors (Lipinski definition) is 3. The first kappa shape index (κ1) is 10.4. The molecule has 4 nitrogen and oxygen atoms in total. The summed E-state index contributed by atoms with van der Waals surface area (Å²) in [6, 6.07) is 6.46. The Morgan fingerprint density at radius 2 is 2.25 bits per heavy atom. The lowest BCUT2D eigenvalue weighted by atomic mass is 9.99. The van der Waals surface area contributed by atoms with Gasteiger partial charge >= 0.3 is 0 Å². The molecule has 0 radical (unpaired) electrons. The highest BCUT2D eigenvalue weighted by Gasteiger charge is 2.15. The van der Waals surface area contributed by atoms with Gasteiger partial charge in [-0.1, -0.05) is 6.08 Å². The first-order valence-electron chi connectivity index (χ1n) is 5.10. The Balaban J connectivity index is 2.52. The van der Waals surface area contributed by atoms with Crippen molar-refractivity contribution in [3.8, 4) is 6.07 Å². The minimum Gasteiger partial charge on any atom is -0.258 e. The number of rotatable bonds is 2. The van der Waals surface area contributed by atoms with Crippen LogP contribution in [0.1, 0.15) is 30.4 Å². The Kier molecular flexibility index (Phi) is 2.69. The molecule has 0 aromatic heterocycles. The van der Waals surface area contributed by atoms with E-state index in [4.69, 9.17) is 5.26 Å². The molecule has 0 atom stereocenters. The summed E-state index contributed by atoms with van der Waals surface area (Å²) in [6.45, 7) is 0. The molecule has 2 rings (SSSR count). The fourth-order valence-corrected chi connectivity index (χ4v) is 1.92. The minimum absolute atomic E-state index is 0.0433. The van der Waals surface area contributed by atoms with Gasteiger partial charge in [-0.25, -0.2) is 0 Å². The van der Waals surface area contributed by atoms with Gasteiger partial charge in [0.05, 0.1) is 16.6 Å². The van der Waals surface area contributed by atoms with E-state index in [1.165, 1.54) is 18.2 Å². The molecular weight excluding hydrogens is 204 g/mol. The molecule has 80 valence electrons. The van der Waals surface area contributed by atoms with Crippen LogP contribution in [-0.4, -0.2) is 4.92 Å². The molecule has 0 N–H and O–H groups in total. The zero-order chi connectivity index (χ0) is 11.5. The lowest BCUT2D eigenvalue weighted by molar-refractivity contribution is -0.384. The SMILES string of the molecule is N#Cc1ccc([N+](=O)[O-])cc1C1=CCCC1. The smallest absolute Gasteiger partial charge is 0.258 e. The Morgan fingerprint density at radius 1 is 1.44 bits per heavy atom. The summed E-state index contributed by atoms with van der Waals surface area (Å²) < 4.78 is 0. The van der Waals surface area contributed by atoms with Gasteiger partial charge in [0.2, 0.25) is 0 Å². The fraction of sp³-hybridized carbons (Fsp3) is 0.250. The average Bonchev–Trinajstić information content (AvgIpc) is 2.81. The Hall–Kier alpha value is -2.15. The molecule has 4 heteroatoms. The van der Waals surface area contributed by atoms with Crippen molar-refractivity contribution in [1.82, 2.24) is 0 Å². The number of allylic oxidation sites excluding steroid dienone is 2. The van der Waals surface area contributed by atoms with E-state index >= 15 is 0 Å². The number of nitrogens with zero attached hydrogens (tertiary/aromatic N) is 2. The lowest BCUT2D eigenvalue weighted by Crippen LogP contribution is -1.93. The molecule has 0 saturated heterocycles. The highest BCUT2D eigenvalue weighted by Crippen LogP contribution is 2.31. The molecule has 16 heavy (non-hydrogen) atoms. The van der Waals surface area contributed by atoms with Crippen LogP contribution in [0.4, 0.5) is 5.69 Å². The summed E-state index contributed by atoms with van der Waals surface area (Å²) in [4.78, 5) is 10.2. The second-order valence-electron chi connectivity index (χ2n) is 3.72. The number of non-ortho nitro benzene ring substituents is 1. The Bertz CT molecular complexity index is 512. The monoisotopic (exact) mass is 214 g/mol. The van der Waals surface area contributed by atoms with Crippen LogP contribution in [0.5, 0.6) is 0 Å². The fourth-order valence-electron chi connectivity index (χ4n) is 1.92. The van der Waals surface area contributed by atoms with E-state index in [0.717, 1.165) is 24.8 Å². The topological polar surface area (TPSA) is 66.9 Å². The van der Waals surface area contributed by atoms with Crippen LogP contribution < -0.4 is 0 Å².